The van der Waals surface area contributed by atoms with Crippen LogP contribution in [-0.2, 0) is 23.0 Å². The number of sulfonamides is 1. The Hall–Kier alpha value is -4.27. The molecule has 13 nitrogen and oxygen atoms in total. The third-order valence-corrected chi connectivity index (χ3v) is 11.3. The molecule has 5 N–H and O–H groups in total. The van der Waals surface area contributed by atoms with Crippen molar-refractivity contribution in [1.29, 1.82) is 0 Å². The lowest BCUT2D eigenvalue weighted by Gasteiger charge is -2.27. The van der Waals surface area contributed by atoms with Gasteiger partial charge in [-0.25, -0.2) is 18.2 Å². The van der Waals surface area contributed by atoms with Gasteiger partial charge in [0.05, 0.1) is 16.7 Å². The van der Waals surface area contributed by atoms with Gasteiger partial charge in [0.15, 0.2) is 0 Å². The van der Waals surface area contributed by atoms with Gasteiger partial charge in [-0.3, -0.25) is 4.72 Å². The summed E-state index contributed by atoms with van der Waals surface area (Å²) in [5.74, 6) is 3.37. The highest BCUT2D eigenvalue weighted by Crippen LogP contribution is 2.49. The van der Waals surface area contributed by atoms with Crippen LogP contribution in [0.15, 0.2) is 70.5 Å². The van der Waals surface area contributed by atoms with Crippen molar-refractivity contribution in [2.75, 3.05) is 23.5 Å². The molecule has 2 saturated carbocycles. The molecule has 0 radical (unpaired) electrons. The summed E-state index contributed by atoms with van der Waals surface area (Å²) in [5, 5.41) is 21.8. The fourth-order valence-corrected chi connectivity index (χ4v) is 8.43. The van der Waals surface area contributed by atoms with Gasteiger partial charge < -0.3 is 20.9 Å². The second-order valence-electron chi connectivity index (χ2n) is 13.0. The first-order valence-corrected chi connectivity index (χ1v) is 17.8. The Balaban J connectivity index is 0.923. The van der Waals surface area contributed by atoms with Crippen LogP contribution in [-0.4, -0.2) is 57.5 Å². The van der Waals surface area contributed by atoms with E-state index in [1.807, 2.05) is 0 Å². The van der Waals surface area contributed by atoms with Gasteiger partial charge in [-0.15, -0.1) is 0 Å². The molecule has 0 spiro atoms. The van der Waals surface area contributed by atoms with E-state index in [1.165, 1.54) is 41.1 Å². The van der Waals surface area contributed by atoms with E-state index in [1.54, 1.807) is 54.7 Å². The standard InChI is InChI=1S/C33H40N8O5S/c34-32-12-4-25(18-36-32)30(42)20-35-19-28-9-3-24-17-29(10-11-31(24)46-28)47(44,45)37-26-5-7-27(8-6-26)41-33(43)40(38-39-41)14-13-23-16-21-1-2-22(23)15-21/h4-8,10-12,17-18,21-23,28,30,35,37,42H,1-3,9,13-16,19-20H2,(H2,34,36)/t21?,22?,23?,28-,30-/m0/s1. The zero-order valence-corrected chi connectivity index (χ0v) is 26.8. The number of nitrogens with one attached hydrogen (secondary N) is 2. The lowest BCUT2D eigenvalue weighted by molar-refractivity contribution is 0.146. The van der Waals surface area contributed by atoms with Crippen LogP contribution in [0.5, 0.6) is 5.75 Å². The summed E-state index contributed by atoms with van der Waals surface area (Å²) in [5.41, 5.74) is 7.67. The molecule has 2 bridgehead atoms. The number of aliphatic hydroxyl groups is 1. The smallest absolute Gasteiger partial charge is 0.368 e. The molecule has 248 valence electrons. The van der Waals surface area contributed by atoms with Gasteiger partial charge in [0.25, 0.3) is 10.0 Å². The number of pyridine rings is 1. The quantitative estimate of drug-likeness (QED) is 0.176. The van der Waals surface area contributed by atoms with Crippen molar-refractivity contribution in [2.24, 2.45) is 17.8 Å². The topological polar surface area (TPSA) is 179 Å². The monoisotopic (exact) mass is 660 g/mol. The Morgan fingerprint density at radius 2 is 1.89 bits per heavy atom. The number of nitrogens with two attached hydrogens (primary N) is 1. The van der Waals surface area contributed by atoms with Crippen molar-refractivity contribution in [3.63, 3.8) is 0 Å². The van der Waals surface area contributed by atoms with Crippen LogP contribution in [0.25, 0.3) is 5.69 Å². The first kappa shape index (κ1) is 31.3. The number of aromatic nitrogens is 5. The number of ether oxygens (including phenoxy) is 1. The maximum absolute atomic E-state index is 13.3. The van der Waals surface area contributed by atoms with E-state index in [4.69, 9.17) is 10.5 Å². The Labute approximate surface area is 273 Å². The van der Waals surface area contributed by atoms with E-state index >= 15 is 0 Å². The fourth-order valence-electron chi connectivity index (χ4n) is 7.32. The average Bonchev–Trinajstić information content (AvgIpc) is 3.80. The van der Waals surface area contributed by atoms with Crippen molar-refractivity contribution in [1.82, 2.24) is 30.1 Å². The minimum absolute atomic E-state index is 0.116. The van der Waals surface area contributed by atoms with Crippen LogP contribution in [0.1, 0.15) is 55.8 Å². The average molecular weight is 661 g/mol. The Kier molecular flexibility index (Phi) is 8.73. The van der Waals surface area contributed by atoms with Crippen molar-refractivity contribution in [3.05, 3.63) is 82.4 Å². The number of tetrazole rings is 1. The lowest BCUT2D eigenvalue weighted by atomic mass is 9.86. The van der Waals surface area contributed by atoms with Crippen molar-refractivity contribution < 1.29 is 18.3 Å². The molecular formula is C33H40N8O5S. The molecule has 3 unspecified atom stereocenters. The number of nitrogens with zero attached hydrogens (tertiary/aromatic N) is 5. The van der Waals surface area contributed by atoms with Gasteiger partial charge in [-0.2, -0.15) is 9.36 Å². The van der Waals surface area contributed by atoms with E-state index in [-0.39, 0.29) is 16.7 Å². The number of aliphatic hydroxyl groups excluding tert-OH is 1. The van der Waals surface area contributed by atoms with E-state index < -0.39 is 16.1 Å². The summed E-state index contributed by atoms with van der Waals surface area (Å²) in [4.78, 5) is 17.1. The first-order valence-electron chi connectivity index (χ1n) is 16.3. The largest absolute Gasteiger partial charge is 0.489 e. The van der Waals surface area contributed by atoms with Crippen LogP contribution in [0.3, 0.4) is 0 Å². The molecule has 2 aromatic carbocycles. The molecule has 2 aliphatic carbocycles. The molecule has 4 aromatic rings. The number of rotatable bonds is 12. The third kappa shape index (κ3) is 6.90. The number of aryl methyl sites for hydroxylation is 2. The molecule has 5 atom stereocenters. The molecular weight excluding hydrogens is 620 g/mol. The van der Waals surface area contributed by atoms with Gasteiger partial charge in [-0.05, 0) is 121 Å². The van der Waals surface area contributed by atoms with Crippen LogP contribution < -0.4 is 26.2 Å². The van der Waals surface area contributed by atoms with Crippen LogP contribution >= 0.6 is 0 Å². The number of hydrogen-bond acceptors (Lipinski definition) is 10. The van der Waals surface area contributed by atoms with Gasteiger partial charge >= 0.3 is 5.69 Å². The Morgan fingerprint density at radius 3 is 2.64 bits per heavy atom. The van der Waals surface area contributed by atoms with E-state index in [0.717, 1.165) is 23.8 Å². The van der Waals surface area contributed by atoms with Crippen LogP contribution in [0, 0.1) is 17.8 Å². The van der Waals surface area contributed by atoms with Gasteiger partial charge in [-0.1, -0.05) is 12.5 Å². The molecule has 3 heterocycles. The molecule has 0 saturated heterocycles. The molecule has 14 heteroatoms. The summed E-state index contributed by atoms with van der Waals surface area (Å²) >= 11 is 0. The van der Waals surface area contributed by atoms with Crippen molar-refractivity contribution in [2.45, 2.75) is 68.6 Å². The molecule has 47 heavy (non-hydrogen) atoms. The third-order valence-electron chi connectivity index (χ3n) is 9.87. The van der Waals surface area contributed by atoms with E-state index in [9.17, 15) is 18.3 Å². The molecule has 7 rings (SSSR count). The molecule has 2 aromatic heterocycles. The van der Waals surface area contributed by atoms with E-state index in [2.05, 4.69) is 25.4 Å². The molecule has 1 aliphatic heterocycles. The van der Waals surface area contributed by atoms with Crippen LogP contribution in [0.2, 0.25) is 0 Å². The zero-order valence-electron chi connectivity index (χ0n) is 26.0. The highest BCUT2D eigenvalue weighted by Gasteiger charge is 2.39. The number of nitrogen functional groups attached to an aromatic ring is 1. The predicted octanol–water partition coefficient (Wildman–Crippen LogP) is 3.05. The minimum atomic E-state index is -3.87. The highest BCUT2D eigenvalue weighted by molar-refractivity contribution is 7.92. The summed E-state index contributed by atoms with van der Waals surface area (Å²) in [6, 6.07) is 14.7. The van der Waals surface area contributed by atoms with Crippen LogP contribution in [0.4, 0.5) is 11.5 Å². The maximum atomic E-state index is 13.3. The number of hydrogen-bond donors (Lipinski definition) is 4. The minimum Gasteiger partial charge on any atom is -0.489 e. The molecule has 2 fully saturated rings. The van der Waals surface area contributed by atoms with Crippen molar-refractivity contribution in [3.8, 4) is 11.4 Å². The normalized spacial score (nSPS) is 22.5. The maximum Gasteiger partial charge on any atom is 0.368 e. The Morgan fingerprint density at radius 1 is 1.04 bits per heavy atom. The number of benzene rings is 2. The Bertz CT molecular complexity index is 1880. The number of fused-ring (bicyclic) bond motifs is 3. The summed E-state index contributed by atoms with van der Waals surface area (Å²) < 4.78 is 37.9. The van der Waals surface area contributed by atoms with Crippen molar-refractivity contribution >= 4 is 21.5 Å². The fraction of sp³-hybridized carbons (Fsp3) is 0.455. The number of anilines is 2. The van der Waals surface area contributed by atoms with Gasteiger partial charge in [0.1, 0.15) is 17.7 Å². The summed E-state index contributed by atoms with van der Waals surface area (Å²) in [6.07, 6.45) is 8.28. The van der Waals surface area contributed by atoms with E-state index in [0.29, 0.717) is 66.9 Å². The van der Waals surface area contributed by atoms with Gasteiger partial charge in [0, 0.05) is 37.1 Å². The molecule has 0 amide bonds. The lowest BCUT2D eigenvalue weighted by Crippen LogP contribution is -2.36. The summed E-state index contributed by atoms with van der Waals surface area (Å²) in [7, 11) is -3.87. The second kappa shape index (κ2) is 13.1. The first-order chi connectivity index (χ1) is 22.7. The highest BCUT2D eigenvalue weighted by atomic mass is 32.2. The summed E-state index contributed by atoms with van der Waals surface area (Å²) in [6.45, 7) is 1.42. The zero-order chi connectivity index (χ0) is 32.5. The van der Waals surface area contributed by atoms with Gasteiger partial charge in [0.2, 0.25) is 0 Å². The second-order valence-corrected chi connectivity index (χ2v) is 14.7. The SMILES string of the molecule is Nc1ccc([C@@H](O)CNC[C@@H]2CCc3cc(S(=O)(=O)Nc4ccc(-n5nnn(CCC6CC7CCC6C7)c5=O)cc4)ccc3O2)cn1. The molecule has 3 aliphatic rings. The predicted molar refractivity (Wildman–Crippen MR) is 176 cm³/mol.